The van der Waals surface area contributed by atoms with Gasteiger partial charge >= 0.3 is 0 Å². The highest BCUT2D eigenvalue weighted by atomic mass is 16.5. The highest BCUT2D eigenvalue weighted by Crippen LogP contribution is 2.31. The summed E-state index contributed by atoms with van der Waals surface area (Å²) < 4.78 is 12.0. The molecule has 2 N–H and O–H groups in total. The van der Waals surface area contributed by atoms with E-state index >= 15 is 0 Å². The van der Waals surface area contributed by atoms with Gasteiger partial charge < -0.3 is 14.9 Å². The first kappa shape index (κ1) is 19.0. The molecule has 3 nitrogen and oxygen atoms in total. The van der Waals surface area contributed by atoms with Gasteiger partial charge in [-0.15, -0.1) is 0 Å². The summed E-state index contributed by atoms with van der Waals surface area (Å²) in [6, 6.07) is 25.2. The van der Waals surface area contributed by atoms with Gasteiger partial charge in [0.25, 0.3) is 0 Å². The van der Waals surface area contributed by atoms with Gasteiger partial charge in [0.15, 0.2) is 0 Å². The molecule has 1 unspecified atom stereocenters. The van der Waals surface area contributed by atoms with Crippen molar-refractivity contribution in [3.8, 4) is 17.1 Å². The zero-order valence-corrected chi connectivity index (χ0v) is 17.1. The number of hydrogen-bond donors (Lipinski definition) is 1. The van der Waals surface area contributed by atoms with E-state index in [2.05, 4.69) is 54.6 Å². The highest BCUT2D eigenvalue weighted by molar-refractivity contribution is 5.82. The van der Waals surface area contributed by atoms with Gasteiger partial charge in [0, 0.05) is 10.9 Å². The minimum atomic E-state index is 0.564. The number of fused-ring (bicyclic) bond motifs is 2. The van der Waals surface area contributed by atoms with Crippen molar-refractivity contribution >= 4 is 11.0 Å². The van der Waals surface area contributed by atoms with Crippen LogP contribution in [0.25, 0.3) is 22.3 Å². The first-order valence-electron chi connectivity index (χ1n) is 10.8. The highest BCUT2D eigenvalue weighted by Gasteiger charge is 2.18. The first-order valence-corrected chi connectivity index (χ1v) is 10.8. The van der Waals surface area contributed by atoms with Gasteiger partial charge in [0.2, 0.25) is 0 Å². The summed E-state index contributed by atoms with van der Waals surface area (Å²) in [4.78, 5) is 0. The number of furan rings is 1. The van der Waals surface area contributed by atoms with E-state index in [0.29, 0.717) is 6.61 Å². The Labute approximate surface area is 177 Å². The van der Waals surface area contributed by atoms with E-state index in [9.17, 15) is 0 Å². The summed E-state index contributed by atoms with van der Waals surface area (Å²) in [5, 5.41) is 1.13. The second-order valence-electron chi connectivity index (χ2n) is 8.25. The molecule has 3 heteroatoms. The van der Waals surface area contributed by atoms with Crippen LogP contribution in [0.1, 0.15) is 29.5 Å². The first-order chi connectivity index (χ1) is 14.8. The minimum Gasteiger partial charge on any atom is -0.489 e. The smallest absolute Gasteiger partial charge is 0.135 e. The number of para-hydroxylation sites is 1. The van der Waals surface area contributed by atoms with Crippen LogP contribution in [0.4, 0.5) is 0 Å². The second kappa shape index (κ2) is 8.37. The summed E-state index contributed by atoms with van der Waals surface area (Å²) in [5.74, 6) is 2.58. The molecule has 0 bridgehead atoms. The molecule has 0 saturated carbocycles. The molecule has 1 aromatic heterocycles. The fourth-order valence-corrected chi connectivity index (χ4v) is 4.43. The van der Waals surface area contributed by atoms with Gasteiger partial charge in [-0.2, -0.15) is 0 Å². The third kappa shape index (κ3) is 3.99. The molecule has 3 aromatic carbocycles. The predicted molar refractivity (Wildman–Crippen MR) is 122 cm³/mol. The maximum absolute atomic E-state index is 6.08. The number of aryl methyl sites for hydroxylation is 1. The number of hydrogen-bond acceptors (Lipinski definition) is 3. The molecule has 5 rings (SSSR count). The molecule has 0 spiro atoms. The molecule has 1 heterocycles. The Morgan fingerprint density at radius 1 is 0.933 bits per heavy atom. The number of benzene rings is 3. The van der Waals surface area contributed by atoms with E-state index in [-0.39, 0.29) is 0 Å². The van der Waals surface area contributed by atoms with Crippen molar-refractivity contribution in [3.63, 3.8) is 0 Å². The van der Waals surface area contributed by atoms with E-state index < -0.39 is 0 Å². The van der Waals surface area contributed by atoms with Gasteiger partial charge in [0.05, 0.1) is 0 Å². The lowest BCUT2D eigenvalue weighted by molar-refractivity contribution is 0.305. The average Bonchev–Trinajstić information content (AvgIpc) is 3.22. The van der Waals surface area contributed by atoms with Gasteiger partial charge in [-0.3, -0.25) is 0 Å². The molecule has 4 aromatic rings. The third-order valence-electron chi connectivity index (χ3n) is 6.15. The van der Waals surface area contributed by atoms with Crippen LogP contribution in [0, 0.1) is 5.92 Å². The van der Waals surface area contributed by atoms with Crippen molar-refractivity contribution in [2.75, 3.05) is 6.54 Å². The molecular formula is C27H27NO2. The maximum atomic E-state index is 6.08. The molecule has 1 atom stereocenters. The van der Waals surface area contributed by atoms with Crippen LogP contribution in [0.5, 0.6) is 5.75 Å². The minimum absolute atomic E-state index is 0.564. The molecule has 152 valence electrons. The van der Waals surface area contributed by atoms with E-state index in [0.717, 1.165) is 65.3 Å². The molecule has 0 amide bonds. The standard InChI is InChI=1S/C27H27NO2/c28-14-13-19-5-10-23-16-25(12-11-22(23)15-19)29-18-20-6-8-21(9-7-20)27-17-24-3-1-2-4-26(24)30-27/h1-4,6-9,11-12,16-17,19H,5,10,13-15,18,28H2. The summed E-state index contributed by atoms with van der Waals surface area (Å²) in [7, 11) is 0. The molecule has 0 radical (unpaired) electrons. The van der Waals surface area contributed by atoms with Gasteiger partial charge in [-0.1, -0.05) is 48.5 Å². The normalized spacial score (nSPS) is 15.8. The van der Waals surface area contributed by atoms with Crippen molar-refractivity contribution in [1.29, 1.82) is 0 Å². The average molecular weight is 398 g/mol. The van der Waals surface area contributed by atoms with Crippen LogP contribution in [0.2, 0.25) is 0 Å². The summed E-state index contributed by atoms with van der Waals surface area (Å²) in [6.07, 6.45) is 4.64. The van der Waals surface area contributed by atoms with E-state index in [4.69, 9.17) is 14.9 Å². The Morgan fingerprint density at radius 3 is 2.63 bits per heavy atom. The Bertz CT molecular complexity index is 1110. The van der Waals surface area contributed by atoms with Crippen LogP contribution in [-0.2, 0) is 19.4 Å². The Kier molecular flexibility index (Phi) is 5.29. The quantitative estimate of drug-likeness (QED) is 0.425. The lowest BCUT2D eigenvalue weighted by Crippen LogP contribution is -2.17. The van der Waals surface area contributed by atoms with Crippen LogP contribution < -0.4 is 10.5 Å². The zero-order chi connectivity index (χ0) is 20.3. The Morgan fingerprint density at radius 2 is 1.80 bits per heavy atom. The van der Waals surface area contributed by atoms with Gasteiger partial charge in [-0.25, -0.2) is 0 Å². The molecule has 1 aliphatic rings. The van der Waals surface area contributed by atoms with E-state index in [1.54, 1.807) is 0 Å². The van der Waals surface area contributed by atoms with Gasteiger partial charge in [-0.05, 0) is 79.1 Å². The topological polar surface area (TPSA) is 48.4 Å². The number of ether oxygens (including phenoxy) is 1. The summed E-state index contributed by atoms with van der Waals surface area (Å²) >= 11 is 0. The third-order valence-corrected chi connectivity index (χ3v) is 6.15. The fraction of sp³-hybridized carbons (Fsp3) is 0.259. The van der Waals surface area contributed by atoms with Crippen LogP contribution in [-0.4, -0.2) is 6.54 Å². The Hall–Kier alpha value is -3.04. The molecule has 1 aliphatic carbocycles. The molecular weight excluding hydrogens is 370 g/mol. The monoisotopic (exact) mass is 397 g/mol. The largest absolute Gasteiger partial charge is 0.489 e. The van der Waals surface area contributed by atoms with E-state index in [1.807, 2.05) is 18.2 Å². The number of nitrogens with two attached hydrogens (primary N) is 1. The summed E-state index contributed by atoms with van der Waals surface area (Å²) in [6.45, 7) is 1.35. The van der Waals surface area contributed by atoms with Crippen molar-refractivity contribution in [2.24, 2.45) is 11.7 Å². The lowest BCUT2D eigenvalue weighted by Gasteiger charge is -2.24. The zero-order valence-electron chi connectivity index (χ0n) is 17.1. The second-order valence-corrected chi connectivity index (χ2v) is 8.25. The lowest BCUT2D eigenvalue weighted by atomic mass is 9.82. The van der Waals surface area contributed by atoms with Gasteiger partial charge in [0.1, 0.15) is 23.7 Å². The molecule has 30 heavy (non-hydrogen) atoms. The fourth-order valence-electron chi connectivity index (χ4n) is 4.43. The maximum Gasteiger partial charge on any atom is 0.135 e. The van der Waals surface area contributed by atoms with Crippen LogP contribution in [0.3, 0.4) is 0 Å². The van der Waals surface area contributed by atoms with Crippen molar-refractivity contribution in [2.45, 2.75) is 32.3 Å². The van der Waals surface area contributed by atoms with Crippen molar-refractivity contribution in [3.05, 3.63) is 89.5 Å². The predicted octanol–water partition coefficient (Wildman–Crippen LogP) is 6.13. The van der Waals surface area contributed by atoms with E-state index in [1.165, 1.54) is 17.5 Å². The van der Waals surface area contributed by atoms with Crippen LogP contribution >= 0.6 is 0 Å². The van der Waals surface area contributed by atoms with Crippen LogP contribution in [0.15, 0.2) is 77.2 Å². The van der Waals surface area contributed by atoms with Crippen molar-refractivity contribution < 1.29 is 9.15 Å². The van der Waals surface area contributed by atoms with Crippen molar-refractivity contribution in [1.82, 2.24) is 0 Å². The molecule has 0 aliphatic heterocycles. The molecule has 0 saturated heterocycles. The Balaban J connectivity index is 1.24. The SMILES string of the molecule is NCCC1CCc2cc(OCc3ccc(-c4cc5ccccc5o4)cc3)ccc2C1. The number of rotatable bonds is 6. The molecule has 0 fully saturated rings. The summed E-state index contributed by atoms with van der Waals surface area (Å²) in [5.41, 5.74) is 11.8.